The van der Waals surface area contributed by atoms with Gasteiger partial charge in [-0.3, -0.25) is 4.79 Å². The van der Waals surface area contributed by atoms with Gasteiger partial charge in [-0.15, -0.1) is 0 Å². The Morgan fingerprint density at radius 3 is 2.48 bits per heavy atom. The van der Waals surface area contributed by atoms with Crippen molar-refractivity contribution in [2.24, 2.45) is 0 Å². The largest absolute Gasteiger partial charge is 0.507 e. The van der Waals surface area contributed by atoms with Crippen molar-refractivity contribution in [1.82, 2.24) is 5.32 Å². The van der Waals surface area contributed by atoms with Gasteiger partial charge in [-0.2, -0.15) is 0 Å². The molecule has 0 saturated carbocycles. The van der Waals surface area contributed by atoms with Crippen LogP contribution in [0, 0.1) is 11.6 Å². The molecule has 1 atom stereocenters. The van der Waals surface area contributed by atoms with Crippen molar-refractivity contribution >= 4 is 5.91 Å². The molecule has 1 unspecified atom stereocenters. The van der Waals surface area contributed by atoms with E-state index in [-0.39, 0.29) is 23.4 Å². The number of fused-ring (bicyclic) bond motifs is 1. The first-order chi connectivity index (χ1) is 12.0. The smallest absolute Gasteiger partial charge is 0.255 e. The molecule has 4 nitrogen and oxygen atoms in total. The topological polar surface area (TPSA) is 69.6 Å². The number of aromatic hydroxyl groups is 1. The zero-order valence-electron chi connectivity index (χ0n) is 13.6. The summed E-state index contributed by atoms with van der Waals surface area (Å²) in [6.07, 6.45) is 2.53. The van der Waals surface area contributed by atoms with E-state index in [1.807, 2.05) is 0 Å². The zero-order chi connectivity index (χ0) is 18.0. The Labute approximate surface area is 144 Å². The van der Waals surface area contributed by atoms with Crippen LogP contribution < -0.4 is 5.32 Å². The molecule has 0 radical (unpaired) electrons. The SMILES string of the molecule is O=C(NCC(O)c1ccc(F)cc1F)c1cc2c(cc1O)CCCC2. The maximum atomic E-state index is 13.6. The average Bonchev–Trinajstić information content (AvgIpc) is 2.58. The molecule has 132 valence electrons. The number of nitrogens with one attached hydrogen (secondary N) is 1. The summed E-state index contributed by atoms with van der Waals surface area (Å²) in [4.78, 5) is 12.3. The minimum Gasteiger partial charge on any atom is -0.507 e. The lowest BCUT2D eigenvalue weighted by Gasteiger charge is -2.18. The Hall–Kier alpha value is -2.47. The number of carbonyl (C=O) groups is 1. The van der Waals surface area contributed by atoms with E-state index in [1.54, 1.807) is 12.1 Å². The number of hydrogen-bond donors (Lipinski definition) is 3. The third kappa shape index (κ3) is 3.79. The van der Waals surface area contributed by atoms with Gasteiger partial charge in [-0.1, -0.05) is 6.07 Å². The van der Waals surface area contributed by atoms with Gasteiger partial charge in [-0.05, 0) is 55.0 Å². The van der Waals surface area contributed by atoms with Gasteiger partial charge < -0.3 is 15.5 Å². The van der Waals surface area contributed by atoms with Crippen LogP contribution in [0.2, 0.25) is 0 Å². The molecule has 0 heterocycles. The highest BCUT2D eigenvalue weighted by Gasteiger charge is 2.19. The van der Waals surface area contributed by atoms with E-state index in [1.165, 1.54) is 0 Å². The number of hydrogen-bond acceptors (Lipinski definition) is 3. The molecule has 3 N–H and O–H groups in total. The summed E-state index contributed by atoms with van der Waals surface area (Å²) in [6.45, 7) is -0.252. The van der Waals surface area contributed by atoms with Crippen molar-refractivity contribution in [3.05, 3.63) is 64.2 Å². The number of amides is 1. The fourth-order valence-electron chi connectivity index (χ4n) is 3.12. The molecule has 0 aliphatic heterocycles. The third-order valence-corrected chi connectivity index (χ3v) is 4.48. The average molecular weight is 347 g/mol. The van der Waals surface area contributed by atoms with Gasteiger partial charge in [-0.25, -0.2) is 8.78 Å². The standard InChI is InChI=1S/C19H19F2NO3/c20-13-5-6-14(16(21)9-13)18(24)10-22-19(25)15-7-11-3-1-2-4-12(11)8-17(15)23/h5-9,18,23-24H,1-4,10H2,(H,22,25). The van der Waals surface area contributed by atoms with Crippen molar-refractivity contribution in [1.29, 1.82) is 0 Å². The molecule has 1 aliphatic carbocycles. The first-order valence-electron chi connectivity index (χ1n) is 8.21. The molecule has 0 saturated heterocycles. The Bertz CT molecular complexity index is 807. The Balaban J connectivity index is 1.70. The van der Waals surface area contributed by atoms with Crippen molar-refractivity contribution in [3.63, 3.8) is 0 Å². The van der Waals surface area contributed by atoms with Crippen molar-refractivity contribution < 1.29 is 23.8 Å². The normalized spacial score (nSPS) is 14.7. The summed E-state index contributed by atoms with van der Waals surface area (Å²) in [5.74, 6) is -2.28. The second kappa shape index (κ2) is 7.19. The van der Waals surface area contributed by atoms with Crippen LogP contribution >= 0.6 is 0 Å². The Morgan fingerprint density at radius 2 is 1.80 bits per heavy atom. The monoisotopic (exact) mass is 347 g/mol. The van der Waals surface area contributed by atoms with Crippen molar-refractivity contribution in [2.45, 2.75) is 31.8 Å². The second-order valence-corrected chi connectivity index (χ2v) is 6.24. The van der Waals surface area contributed by atoms with Crippen molar-refractivity contribution in [2.75, 3.05) is 6.54 Å². The minimum absolute atomic E-state index is 0.101. The van der Waals surface area contributed by atoms with Crippen LogP contribution in [0.4, 0.5) is 8.78 Å². The number of rotatable bonds is 4. The molecule has 1 aliphatic rings. The summed E-state index contributed by atoms with van der Waals surface area (Å²) >= 11 is 0. The molecular formula is C19H19F2NO3. The molecule has 0 aromatic heterocycles. The predicted molar refractivity (Wildman–Crippen MR) is 88.4 cm³/mol. The minimum atomic E-state index is -1.32. The fraction of sp³-hybridized carbons (Fsp3) is 0.316. The molecule has 6 heteroatoms. The van der Waals surface area contributed by atoms with Gasteiger partial charge >= 0.3 is 0 Å². The summed E-state index contributed by atoms with van der Waals surface area (Å²) < 4.78 is 26.6. The predicted octanol–water partition coefficient (Wildman–Crippen LogP) is 3.01. The maximum Gasteiger partial charge on any atom is 0.255 e. The van der Waals surface area contributed by atoms with Crippen LogP contribution in [-0.4, -0.2) is 22.7 Å². The van der Waals surface area contributed by atoms with Gasteiger partial charge in [0.25, 0.3) is 5.91 Å². The molecule has 1 amide bonds. The van der Waals surface area contributed by atoms with Crippen LogP contribution in [0.15, 0.2) is 30.3 Å². The Kier molecular flexibility index (Phi) is 4.99. The number of aryl methyl sites for hydroxylation is 2. The van der Waals surface area contributed by atoms with Crippen LogP contribution in [0.5, 0.6) is 5.75 Å². The Morgan fingerprint density at radius 1 is 1.12 bits per heavy atom. The van der Waals surface area contributed by atoms with E-state index in [0.29, 0.717) is 6.07 Å². The van der Waals surface area contributed by atoms with E-state index in [4.69, 9.17) is 0 Å². The number of carbonyl (C=O) groups excluding carboxylic acids is 1. The second-order valence-electron chi connectivity index (χ2n) is 6.24. The van der Waals surface area contributed by atoms with E-state index >= 15 is 0 Å². The van der Waals surface area contributed by atoms with Crippen molar-refractivity contribution in [3.8, 4) is 5.75 Å². The van der Waals surface area contributed by atoms with Gasteiger partial charge in [0.2, 0.25) is 0 Å². The number of benzene rings is 2. The lowest BCUT2D eigenvalue weighted by Crippen LogP contribution is -2.29. The van der Waals surface area contributed by atoms with Gasteiger partial charge in [0, 0.05) is 18.2 Å². The highest BCUT2D eigenvalue weighted by Crippen LogP contribution is 2.28. The zero-order valence-corrected chi connectivity index (χ0v) is 13.6. The summed E-state index contributed by atoms with van der Waals surface area (Å²) in [5, 5.41) is 22.6. The highest BCUT2D eigenvalue weighted by molar-refractivity contribution is 5.97. The van der Waals surface area contributed by atoms with E-state index in [0.717, 1.165) is 48.9 Å². The quantitative estimate of drug-likeness (QED) is 0.796. The lowest BCUT2D eigenvalue weighted by atomic mass is 9.90. The number of phenols is 1. The van der Waals surface area contributed by atoms with Gasteiger partial charge in [0.1, 0.15) is 17.4 Å². The van der Waals surface area contributed by atoms with Crippen LogP contribution in [0.3, 0.4) is 0 Å². The van der Waals surface area contributed by atoms with Gasteiger partial charge in [0.15, 0.2) is 0 Å². The molecule has 0 spiro atoms. The fourth-order valence-corrected chi connectivity index (χ4v) is 3.12. The van der Waals surface area contributed by atoms with Crippen LogP contribution in [0.1, 0.15) is 46.0 Å². The van der Waals surface area contributed by atoms with Gasteiger partial charge in [0.05, 0.1) is 11.7 Å². The first-order valence-corrected chi connectivity index (χ1v) is 8.21. The van der Waals surface area contributed by atoms with E-state index in [9.17, 15) is 23.8 Å². The molecule has 0 fully saturated rings. The van der Waals surface area contributed by atoms with Crippen LogP contribution in [0.25, 0.3) is 0 Å². The lowest BCUT2D eigenvalue weighted by molar-refractivity contribution is 0.0911. The number of phenolic OH excluding ortho intramolecular Hbond substituents is 1. The summed E-state index contributed by atoms with van der Waals surface area (Å²) in [5.41, 5.74) is 2.12. The number of aliphatic hydroxyl groups excluding tert-OH is 1. The molecule has 3 rings (SSSR count). The number of halogens is 2. The van der Waals surface area contributed by atoms with E-state index in [2.05, 4.69) is 5.32 Å². The maximum absolute atomic E-state index is 13.6. The molecule has 25 heavy (non-hydrogen) atoms. The number of aliphatic hydroxyl groups is 1. The van der Waals surface area contributed by atoms with Crippen LogP contribution in [-0.2, 0) is 12.8 Å². The van der Waals surface area contributed by atoms with E-state index < -0.39 is 23.6 Å². The molecule has 0 bridgehead atoms. The molecule has 2 aromatic carbocycles. The third-order valence-electron chi connectivity index (χ3n) is 4.48. The highest BCUT2D eigenvalue weighted by atomic mass is 19.1. The summed E-state index contributed by atoms with van der Waals surface area (Å²) in [7, 11) is 0. The summed E-state index contributed by atoms with van der Waals surface area (Å²) in [6, 6.07) is 6.13. The first kappa shape index (κ1) is 17.4. The molecular weight excluding hydrogens is 328 g/mol. The molecule has 2 aromatic rings.